The molecule has 0 aliphatic carbocycles. The molecular formula is C14H21N5O. The standard InChI is InChI=1S/C14H21N5O/c1-11-12(8-18(2)17-11)6-15-13-7-16-19(9-13)10-14-4-3-5-20-14/h7-9,14-15H,3-6,10H2,1-2H3. The summed E-state index contributed by atoms with van der Waals surface area (Å²) in [5.74, 6) is 0. The van der Waals surface area contributed by atoms with E-state index in [1.54, 1.807) is 0 Å². The second-order valence-electron chi connectivity index (χ2n) is 5.35. The lowest BCUT2D eigenvalue weighted by molar-refractivity contribution is 0.0940. The molecule has 1 atom stereocenters. The van der Waals surface area contributed by atoms with Crippen LogP contribution in [0.4, 0.5) is 5.69 Å². The number of aryl methyl sites for hydroxylation is 2. The Labute approximate surface area is 118 Å². The van der Waals surface area contributed by atoms with Crippen molar-refractivity contribution in [3.05, 3.63) is 29.8 Å². The van der Waals surface area contributed by atoms with E-state index in [0.29, 0.717) is 6.10 Å². The van der Waals surface area contributed by atoms with Gasteiger partial charge in [-0.2, -0.15) is 10.2 Å². The van der Waals surface area contributed by atoms with Gasteiger partial charge in [0, 0.05) is 38.2 Å². The molecule has 1 aliphatic rings. The van der Waals surface area contributed by atoms with Crippen molar-refractivity contribution in [2.24, 2.45) is 7.05 Å². The van der Waals surface area contributed by atoms with Gasteiger partial charge in [-0.05, 0) is 19.8 Å². The highest BCUT2D eigenvalue weighted by atomic mass is 16.5. The van der Waals surface area contributed by atoms with Crippen molar-refractivity contribution in [2.75, 3.05) is 11.9 Å². The van der Waals surface area contributed by atoms with Crippen LogP contribution in [0.1, 0.15) is 24.1 Å². The molecule has 1 saturated heterocycles. The average molecular weight is 275 g/mol. The zero-order chi connectivity index (χ0) is 13.9. The van der Waals surface area contributed by atoms with E-state index in [9.17, 15) is 0 Å². The number of rotatable bonds is 5. The minimum Gasteiger partial charge on any atom is -0.378 e. The highest BCUT2D eigenvalue weighted by Crippen LogP contribution is 2.15. The highest BCUT2D eigenvalue weighted by molar-refractivity contribution is 5.39. The molecular weight excluding hydrogens is 254 g/mol. The molecule has 0 aromatic carbocycles. The summed E-state index contributed by atoms with van der Waals surface area (Å²) in [6.07, 6.45) is 8.56. The first-order valence-electron chi connectivity index (χ1n) is 7.08. The number of hydrogen-bond donors (Lipinski definition) is 1. The van der Waals surface area contributed by atoms with Gasteiger partial charge in [-0.15, -0.1) is 0 Å². The lowest BCUT2D eigenvalue weighted by atomic mass is 10.2. The number of nitrogens with one attached hydrogen (secondary N) is 1. The van der Waals surface area contributed by atoms with E-state index < -0.39 is 0 Å². The smallest absolute Gasteiger partial charge is 0.0771 e. The molecule has 1 fully saturated rings. The Morgan fingerprint density at radius 2 is 2.35 bits per heavy atom. The summed E-state index contributed by atoms with van der Waals surface area (Å²) in [5.41, 5.74) is 3.30. The SMILES string of the molecule is Cc1nn(C)cc1CNc1cnn(CC2CCCO2)c1. The Hall–Kier alpha value is -1.82. The first kappa shape index (κ1) is 13.2. The Balaban J connectivity index is 1.55. The molecule has 0 amide bonds. The van der Waals surface area contributed by atoms with Crippen molar-refractivity contribution in [1.29, 1.82) is 0 Å². The maximum Gasteiger partial charge on any atom is 0.0771 e. The third-order valence-corrected chi connectivity index (χ3v) is 3.65. The van der Waals surface area contributed by atoms with Crippen LogP contribution < -0.4 is 5.32 Å². The molecule has 1 aliphatic heterocycles. The number of ether oxygens (including phenoxy) is 1. The highest BCUT2D eigenvalue weighted by Gasteiger charge is 2.16. The van der Waals surface area contributed by atoms with Gasteiger partial charge in [-0.1, -0.05) is 0 Å². The summed E-state index contributed by atoms with van der Waals surface area (Å²) in [7, 11) is 1.94. The number of hydrogen-bond acceptors (Lipinski definition) is 4. The lowest BCUT2D eigenvalue weighted by Gasteiger charge is -2.08. The van der Waals surface area contributed by atoms with Crippen LogP contribution >= 0.6 is 0 Å². The van der Waals surface area contributed by atoms with Crippen LogP contribution in [-0.2, 0) is 24.9 Å². The van der Waals surface area contributed by atoms with Gasteiger partial charge in [0.15, 0.2) is 0 Å². The van der Waals surface area contributed by atoms with E-state index >= 15 is 0 Å². The number of aromatic nitrogens is 4. The Kier molecular flexibility index (Phi) is 3.73. The van der Waals surface area contributed by atoms with Crippen LogP contribution in [0.5, 0.6) is 0 Å². The molecule has 6 heteroatoms. The van der Waals surface area contributed by atoms with Gasteiger partial charge in [0.25, 0.3) is 0 Å². The van der Waals surface area contributed by atoms with Crippen molar-refractivity contribution in [3.8, 4) is 0 Å². The Bertz CT molecular complexity index is 568. The van der Waals surface area contributed by atoms with E-state index in [2.05, 4.69) is 15.5 Å². The number of anilines is 1. The minimum absolute atomic E-state index is 0.323. The van der Waals surface area contributed by atoms with E-state index in [0.717, 1.165) is 43.9 Å². The maximum atomic E-state index is 5.62. The van der Waals surface area contributed by atoms with Crippen LogP contribution in [0.15, 0.2) is 18.6 Å². The van der Waals surface area contributed by atoms with E-state index in [1.165, 1.54) is 5.56 Å². The van der Waals surface area contributed by atoms with Gasteiger partial charge in [-0.25, -0.2) is 0 Å². The summed E-state index contributed by atoms with van der Waals surface area (Å²) >= 11 is 0. The molecule has 0 spiro atoms. The molecule has 6 nitrogen and oxygen atoms in total. The van der Waals surface area contributed by atoms with Gasteiger partial charge in [0.2, 0.25) is 0 Å². The fraction of sp³-hybridized carbons (Fsp3) is 0.571. The van der Waals surface area contributed by atoms with Crippen LogP contribution in [0.2, 0.25) is 0 Å². The topological polar surface area (TPSA) is 56.9 Å². The van der Waals surface area contributed by atoms with Crippen molar-refractivity contribution in [2.45, 2.75) is 39.0 Å². The summed E-state index contributed by atoms with van der Waals surface area (Å²) in [5, 5.41) is 12.1. The second-order valence-corrected chi connectivity index (χ2v) is 5.35. The first-order chi connectivity index (χ1) is 9.70. The zero-order valence-electron chi connectivity index (χ0n) is 12.0. The van der Waals surface area contributed by atoms with Crippen molar-refractivity contribution in [3.63, 3.8) is 0 Å². The Morgan fingerprint density at radius 1 is 1.45 bits per heavy atom. The van der Waals surface area contributed by atoms with E-state index in [-0.39, 0.29) is 0 Å². The van der Waals surface area contributed by atoms with Gasteiger partial charge in [-0.3, -0.25) is 9.36 Å². The van der Waals surface area contributed by atoms with Crippen molar-refractivity contribution < 1.29 is 4.74 Å². The molecule has 1 unspecified atom stereocenters. The largest absolute Gasteiger partial charge is 0.378 e. The molecule has 2 aromatic rings. The van der Waals surface area contributed by atoms with Gasteiger partial charge in [0.05, 0.1) is 30.2 Å². The van der Waals surface area contributed by atoms with Crippen molar-refractivity contribution in [1.82, 2.24) is 19.6 Å². The number of nitrogens with zero attached hydrogens (tertiary/aromatic N) is 4. The quantitative estimate of drug-likeness (QED) is 0.902. The van der Waals surface area contributed by atoms with Gasteiger partial charge in [0.1, 0.15) is 0 Å². The summed E-state index contributed by atoms with van der Waals surface area (Å²) in [4.78, 5) is 0. The maximum absolute atomic E-state index is 5.62. The molecule has 0 bridgehead atoms. The third kappa shape index (κ3) is 3.01. The third-order valence-electron chi connectivity index (χ3n) is 3.65. The molecule has 1 N–H and O–H groups in total. The van der Waals surface area contributed by atoms with Crippen LogP contribution in [-0.4, -0.2) is 32.3 Å². The zero-order valence-corrected chi connectivity index (χ0v) is 12.0. The van der Waals surface area contributed by atoms with E-state index in [4.69, 9.17) is 4.74 Å². The van der Waals surface area contributed by atoms with Crippen molar-refractivity contribution >= 4 is 5.69 Å². The molecule has 0 saturated carbocycles. The summed E-state index contributed by atoms with van der Waals surface area (Å²) in [6.45, 7) is 4.52. The second kappa shape index (κ2) is 5.66. The van der Waals surface area contributed by atoms with Gasteiger partial charge < -0.3 is 10.1 Å². The van der Waals surface area contributed by atoms with E-state index in [1.807, 2.05) is 41.9 Å². The molecule has 108 valence electrons. The fourth-order valence-electron chi connectivity index (χ4n) is 2.57. The monoisotopic (exact) mass is 275 g/mol. The minimum atomic E-state index is 0.323. The van der Waals surface area contributed by atoms with Crippen LogP contribution in [0, 0.1) is 6.92 Å². The first-order valence-corrected chi connectivity index (χ1v) is 7.08. The lowest BCUT2D eigenvalue weighted by Crippen LogP contribution is -2.15. The predicted molar refractivity (Wildman–Crippen MR) is 76.5 cm³/mol. The normalized spacial score (nSPS) is 18.6. The molecule has 2 aromatic heterocycles. The summed E-state index contributed by atoms with van der Waals surface area (Å²) in [6, 6.07) is 0. The fourth-order valence-corrected chi connectivity index (χ4v) is 2.57. The molecule has 3 heterocycles. The van der Waals surface area contributed by atoms with Crippen LogP contribution in [0.3, 0.4) is 0 Å². The average Bonchev–Trinajstić information content (AvgIpc) is 3.11. The predicted octanol–water partition coefficient (Wildman–Crippen LogP) is 1.72. The Morgan fingerprint density at radius 3 is 3.05 bits per heavy atom. The molecule has 3 rings (SSSR count). The van der Waals surface area contributed by atoms with Crippen LogP contribution in [0.25, 0.3) is 0 Å². The van der Waals surface area contributed by atoms with Gasteiger partial charge >= 0.3 is 0 Å². The molecule has 20 heavy (non-hydrogen) atoms. The molecule has 0 radical (unpaired) electrons. The summed E-state index contributed by atoms with van der Waals surface area (Å²) < 4.78 is 9.41.